The first-order valence-corrected chi connectivity index (χ1v) is 11.8. The van der Waals surface area contributed by atoms with E-state index >= 15 is 0 Å². The summed E-state index contributed by atoms with van der Waals surface area (Å²) in [6.07, 6.45) is 3.41. The Morgan fingerprint density at radius 2 is 1.43 bits per heavy atom. The maximum Gasteiger partial charge on any atom is 0.311 e. The lowest BCUT2D eigenvalue weighted by molar-refractivity contribution is -0.149. The van der Waals surface area contributed by atoms with Gasteiger partial charge in [-0.3, -0.25) is 9.00 Å². The maximum absolute atomic E-state index is 14.2. The second-order valence-electron chi connectivity index (χ2n) is 9.30. The van der Waals surface area contributed by atoms with Gasteiger partial charge in [-0.2, -0.15) is 0 Å². The smallest absolute Gasteiger partial charge is 0.311 e. The highest BCUT2D eigenvalue weighted by Crippen LogP contribution is 2.78. The van der Waals surface area contributed by atoms with Crippen LogP contribution in [0.25, 0.3) is 0 Å². The molecule has 0 aromatic heterocycles. The molecule has 3 nitrogen and oxygen atoms in total. The first-order chi connectivity index (χ1) is 14.4. The minimum atomic E-state index is -1.17. The molecule has 1 aliphatic carbocycles. The van der Waals surface area contributed by atoms with Gasteiger partial charge < -0.3 is 4.74 Å². The number of benzene rings is 2. The lowest BCUT2D eigenvalue weighted by Crippen LogP contribution is -2.47. The maximum atomic E-state index is 14.2. The molecule has 2 fully saturated rings. The van der Waals surface area contributed by atoms with Crippen molar-refractivity contribution in [1.29, 1.82) is 0 Å². The fourth-order valence-corrected chi connectivity index (χ4v) is 9.34. The van der Waals surface area contributed by atoms with Crippen LogP contribution in [0, 0.1) is 11.3 Å². The molecule has 5 rings (SSSR count). The van der Waals surface area contributed by atoms with Crippen molar-refractivity contribution >= 4 is 16.8 Å². The summed E-state index contributed by atoms with van der Waals surface area (Å²) in [6.45, 7) is 4.22. The second kappa shape index (κ2) is 6.65. The normalized spacial score (nSPS) is 33.2. The summed E-state index contributed by atoms with van der Waals surface area (Å²) >= 11 is 0. The third kappa shape index (κ3) is 2.37. The molecule has 3 aliphatic rings. The molecule has 0 amide bonds. The van der Waals surface area contributed by atoms with Crippen molar-refractivity contribution in [2.75, 3.05) is 7.11 Å². The van der Waals surface area contributed by atoms with Gasteiger partial charge in [0.15, 0.2) is 0 Å². The number of hydrogen-bond donors (Lipinski definition) is 0. The van der Waals surface area contributed by atoms with Crippen LogP contribution in [-0.2, 0) is 33.2 Å². The standard InChI is InChI=1S/C26H28O3S/c1-24-20(16-18-10-6-4-7-11-18)21(17-19-12-8-5-9-13-19)25(2,30(24)28)26(14-15-26)22(24)23(27)29-3/h4-13,22H,14-17H2,1-3H3/t22-,24+,25-,30?/m1/s1. The third-order valence-electron chi connectivity index (χ3n) is 8.02. The van der Waals surface area contributed by atoms with Crippen LogP contribution in [0.4, 0.5) is 0 Å². The zero-order valence-electron chi connectivity index (χ0n) is 17.8. The monoisotopic (exact) mass is 420 g/mol. The molecule has 1 spiro atoms. The van der Waals surface area contributed by atoms with Gasteiger partial charge in [-0.05, 0) is 61.8 Å². The molecule has 2 aromatic carbocycles. The van der Waals surface area contributed by atoms with E-state index in [9.17, 15) is 9.00 Å². The Bertz CT molecular complexity index is 1050. The Morgan fingerprint density at radius 3 is 1.90 bits per heavy atom. The van der Waals surface area contributed by atoms with Crippen LogP contribution >= 0.6 is 0 Å². The largest absolute Gasteiger partial charge is 0.469 e. The third-order valence-corrected chi connectivity index (χ3v) is 10.7. The van der Waals surface area contributed by atoms with Crippen LogP contribution < -0.4 is 0 Å². The molecule has 0 N–H and O–H groups in total. The quantitative estimate of drug-likeness (QED) is 0.523. The van der Waals surface area contributed by atoms with Gasteiger partial charge in [-0.1, -0.05) is 60.7 Å². The average molecular weight is 421 g/mol. The topological polar surface area (TPSA) is 43.4 Å². The zero-order chi connectivity index (χ0) is 21.1. The summed E-state index contributed by atoms with van der Waals surface area (Å²) in [5, 5.41) is 0. The van der Waals surface area contributed by atoms with E-state index in [1.54, 1.807) is 0 Å². The molecule has 2 heterocycles. The summed E-state index contributed by atoms with van der Waals surface area (Å²) in [5.41, 5.74) is 4.67. The van der Waals surface area contributed by atoms with Gasteiger partial charge in [0.05, 0.1) is 22.5 Å². The Balaban J connectivity index is 1.71. The fourth-order valence-electron chi connectivity index (χ4n) is 6.43. The molecule has 30 heavy (non-hydrogen) atoms. The fraction of sp³-hybridized carbons (Fsp3) is 0.423. The van der Waals surface area contributed by atoms with Crippen LogP contribution in [0.5, 0.6) is 0 Å². The summed E-state index contributed by atoms with van der Waals surface area (Å²) in [4.78, 5) is 13.0. The SMILES string of the molecule is COC(=O)[C@H]1C2(CC2)[C@@]2(C)C(Cc3ccccc3)=C(Cc3ccccc3)[C@]1(C)S2=O. The van der Waals surface area contributed by atoms with Crippen molar-refractivity contribution < 1.29 is 13.7 Å². The predicted octanol–water partition coefficient (Wildman–Crippen LogP) is 4.63. The predicted molar refractivity (Wildman–Crippen MR) is 119 cm³/mol. The number of carbonyl (C=O) groups excluding carboxylic acids is 1. The minimum absolute atomic E-state index is 0.198. The first kappa shape index (κ1) is 19.7. The molecule has 4 atom stereocenters. The lowest BCUT2D eigenvalue weighted by atomic mass is 9.60. The van der Waals surface area contributed by atoms with E-state index in [-0.39, 0.29) is 17.3 Å². The van der Waals surface area contributed by atoms with Gasteiger partial charge in [0.1, 0.15) is 0 Å². The van der Waals surface area contributed by atoms with Gasteiger partial charge in [-0.25, -0.2) is 0 Å². The number of esters is 1. The van der Waals surface area contributed by atoms with E-state index in [0.717, 1.165) is 25.7 Å². The van der Waals surface area contributed by atoms with Gasteiger partial charge in [0, 0.05) is 16.2 Å². The molecule has 2 aromatic rings. The molecular weight excluding hydrogens is 392 g/mol. The molecular formula is C26H28O3S. The molecule has 2 aliphatic heterocycles. The molecule has 1 saturated carbocycles. The van der Waals surface area contributed by atoms with Crippen molar-refractivity contribution in [3.05, 3.63) is 82.9 Å². The Kier molecular flexibility index (Phi) is 4.38. The summed E-state index contributed by atoms with van der Waals surface area (Å²) < 4.78 is 18.3. The minimum Gasteiger partial charge on any atom is -0.469 e. The Morgan fingerprint density at radius 1 is 0.933 bits per heavy atom. The molecule has 156 valence electrons. The van der Waals surface area contributed by atoms with Crippen molar-refractivity contribution in [1.82, 2.24) is 0 Å². The number of fused-ring (bicyclic) bond motifs is 3. The molecule has 2 bridgehead atoms. The van der Waals surface area contributed by atoms with E-state index in [2.05, 4.69) is 50.2 Å². The highest BCUT2D eigenvalue weighted by molar-refractivity contribution is 7.89. The number of rotatable bonds is 5. The molecule has 1 saturated heterocycles. The second-order valence-corrected chi connectivity index (χ2v) is 11.5. The van der Waals surface area contributed by atoms with E-state index in [0.29, 0.717) is 0 Å². The van der Waals surface area contributed by atoms with Crippen molar-refractivity contribution in [2.45, 2.75) is 49.0 Å². The average Bonchev–Trinajstić information content (AvgIpc) is 3.52. The van der Waals surface area contributed by atoms with Crippen LogP contribution in [0.3, 0.4) is 0 Å². The van der Waals surface area contributed by atoms with Gasteiger partial charge in [0.2, 0.25) is 0 Å². The van der Waals surface area contributed by atoms with Gasteiger partial charge in [0.25, 0.3) is 0 Å². The van der Waals surface area contributed by atoms with Crippen molar-refractivity contribution in [2.24, 2.45) is 11.3 Å². The first-order valence-electron chi connectivity index (χ1n) is 10.7. The molecule has 0 radical (unpaired) electrons. The van der Waals surface area contributed by atoms with E-state index in [4.69, 9.17) is 4.74 Å². The summed E-state index contributed by atoms with van der Waals surface area (Å²) in [7, 11) is 0.289. The van der Waals surface area contributed by atoms with Gasteiger partial charge >= 0.3 is 5.97 Å². The zero-order valence-corrected chi connectivity index (χ0v) is 18.6. The van der Waals surface area contributed by atoms with Crippen molar-refractivity contribution in [3.63, 3.8) is 0 Å². The number of hydrogen-bond acceptors (Lipinski definition) is 3. The number of methoxy groups -OCH3 is 1. The Hall–Kier alpha value is -2.20. The van der Waals surface area contributed by atoms with Crippen LogP contribution in [0.1, 0.15) is 37.8 Å². The molecule has 1 unspecified atom stereocenters. The van der Waals surface area contributed by atoms with Crippen molar-refractivity contribution in [3.8, 4) is 0 Å². The number of ether oxygens (including phenoxy) is 1. The lowest BCUT2D eigenvalue weighted by Gasteiger charge is -2.40. The van der Waals surface area contributed by atoms with Crippen LogP contribution in [-0.4, -0.2) is 26.8 Å². The Labute approximate surface area is 181 Å². The highest BCUT2D eigenvalue weighted by atomic mass is 32.2. The highest BCUT2D eigenvalue weighted by Gasteiger charge is 2.82. The number of carbonyl (C=O) groups is 1. The van der Waals surface area contributed by atoms with Crippen LogP contribution in [0.2, 0.25) is 0 Å². The summed E-state index contributed by atoms with van der Waals surface area (Å²) in [6, 6.07) is 20.8. The van der Waals surface area contributed by atoms with E-state index in [1.165, 1.54) is 29.4 Å². The molecule has 4 heteroatoms. The van der Waals surface area contributed by atoms with E-state index < -0.39 is 20.3 Å². The van der Waals surface area contributed by atoms with Crippen LogP contribution in [0.15, 0.2) is 71.8 Å². The van der Waals surface area contributed by atoms with E-state index in [1.807, 2.05) is 24.3 Å². The summed E-state index contributed by atoms with van der Waals surface area (Å²) in [5.74, 6) is -0.532. The van der Waals surface area contributed by atoms with Gasteiger partial charge in [-0.15, -0.1) is 0 Å².